The van der Waals surface area contributed by atoms with Crippen LogP contribution in [-0.2, 0) is 5.41 Å². The fourth-order valence-corrected chi connectivity index (χ4v) is 1.94. The van der Waals surface area contributed by atoms with Gasteiger partial charge < -0.3 is 0 Å². The van der Waals surface area contributed by atoms with E-state index in [9.17, 15) is 0 Å². The molecular formula is C22H40. The Morgan fingerprint density at radius 3 is 1.45 bits per heavy atom. The summed E-state index contributed by atoms with van der Waals surface area (Å²) in [7, 11) is 0. The van der Waals surface area contributed by atoms with E-state index in [1.165, 1.54) is 5.56 Å². The summed E-state index contributed by atoms with van der Waals surface area (Å²) >= 11 is 0. The van der Waals surface area contributed by atoms with E-state index in [2.05, 4.69) is 90.1 Å². The maximum Gasteiger partial charge on any atom is -0.0127 e. The molecule has 0 atom stereocenters. The molecule has 1 aromatic carbocycles. The SMILES string of the molecule is C.C.C.CC(C)(C)C1=CC=CC1.CC(C)(C)c1ccccc1. The lowest BCUT2D eigenvalue weighted by Gasteiger charge is -2.19. The Hall–Kier alpha value is -1.30. The molecule has 0 saturated carbocycles. The zero-order valence-corrected chi connectivity index (χ0v) is 13.3. The van der Waals surface area contributed by atoms with Gasteiger partial charge in [-0.2, -0.15) is 0 Å². The van der Waals surface area contributed by atoms with Gasteiger partial charge in [0.25, 0.3) is 0 Å². The lowest BCUT2D eigenvalue weighted by molar-refractivity contribution is 0.496. The molecule has 0 heteroatoms. The molecule has 0 unspecified atom stereocenters. The van der Waals surface area contributed by atoms with E-state index >= 15 is 0 Å². The second-order valence-corrected chi connectivity index (χ2v) is 7.19. The highest BCUT2D eigenvalue weighted by molar-refractivity contribution is 5.27. The maximum atomic E-state index is 2.26. The average Bonchev–Trinajstić information content (AvgIpc) is 2.83. The van der Waals surface area contributed by atoms with Gasteiger partial charge in [-0.1, -0.05) is 118 Å². The van der Waals surface area contributed by atoms with Crippen molar-refractivity contribution in [1.82, 2.24) is 0 Å². The molecule has 0 nitrogen and oxygen atoms in total. The van der Waals surface area contributed by atoms with Gasteiger partial charge in [-0.25, -0.2) is 0 Å². The average molecular weight is 305 g/mol. The van der Waals surface area contributed by atoms with Crippen LogP contribution >= 0.6 is 0 Å². The third-order valence-corrected chi connectivity index (χ3v) is 3.37. The maximum absolute atomic E-state index is 2.26. The van der Waals surface area contributed by atoms with Gasteiger partial charge in [0.15, 0.2) is 0 Å². The molecule has 0 amide bonds. The summed E-state index contributed by atoms with van der Waals surface area (Å²) in [4.78, 5) is 0. The summed E-state index contributed by atoms with van der Waals surface area (Å²) in [6.07, 6.45) is 7.73. The van der Waals surface area contributed by atoms with E-state index in [1.807, 2.05) is 0 Å². The van der Waals surface area contributed by atoms with Crippen molar-refractivity contribution in [2.45, 2.75) is 75.7 Å². The molecule has 1 aliphatic rings. The van der Waals surface area contributed by atoms with Crippen LogP contribution in [0.5, 0.6) is 0 Å². The number of benzene rings is 1. The van der Waals surface area contributed by atoms with Crippen LogP contribution in [0.1, 0.15) is 75.8 Å². The lowest BCUT2D eigenvalue weighted by Crippen LogP contribution is -2.10. The quantitative estimate of drug-likeness (QED) is 0.458. The summed E-state index contributed by atoms with van der Waals surface area (Å²) in [6, 6.07) is 10.6. The van der Waals surface area contributed by atoms with Crippen molar-refractivity contribution in [3.63, 3.8) is 0 Å². The van der Waals surface area contributed by atoms with Crippen molar-refractivity contribution in [3.8, 4) is 0 Å². The Balaban J connectivity index is -0.000000290. The molecule has 0 bridgehead atoms. The Morgan fingerprint density at radius 1 is 0.727 bits per heavy atom. The van der Waals surface area contributed by atoms with Crippen molar-refractivity contribution < 1.29 is 0 Å². The first kappa shape index (κ1) is 25.6. The van der Waals surface area contributed by atoms with Gasteiger partial charge in [0, 0.05) is 0 Å². The van der Waals surface area contributed by atoms with E-state index in [0.717, 1.165) is 6.42 Å². The predicted octanol–water partition coefficient (Wildman–Crippen LogP) is 7.81. The highest BCUT2D eigenvalue weighted by Gasteiger charge is 2.16. The molecule has 0 aromatic heterocycles. The number of hydrogen-bond acceptors (Lipinski definition) is 0. The van der Waals surface area contributed by atoms with Crippen molar-refractivity contribution >= 4 is 0 Å². The first-order valence-corrected chi connectivity index (χ1v) is 7.13. The van der Waals surface area contributed by atoms with Crippen molar-refractivity contribution in [2.75, 3.05) is 0 Å². The van der Waals surface area contributed by atoms with Gasteiger partial charge in [0.2, 0.25) is 0 Å². The Kier molecular flexibility index (Phi) is 12.2. The topological polar surface area (TPSA) is 0 Å². The van der Waals surface area contributed by atoms with Crippen LogP contribution in [0.25, 0.3) is 0 Å². The summed E-state index contributed by atoms with van der Waals surface area (Å²) in [5.74, 6) is 0. The van der Waals surface area contributed by atoms with Crippen molar-refractivity contribution in [3.05, 3.63) is 59.7 Å². The van der Waals surface area contributed by atoms with Gasteiger partial charge in [-0.05, 0) is 22.8 Å². The molecule has 0 spiro atoms. The lowest BCUT2D eigenvalue weighted by atomic mass is 9.86. The van der Waals surface area contributed by atoms with Gasteiger partial charge in [0.05, 0.1) is 0 Å². The molecule has 0 N–H and O–H groups in total. The van der Waals surface area contributed by atoms with Gasteiger partial charge >= 0.3 is 0 Å². The van der Waals surface area contributed by atoms with E-state index in [4.69, 9.17) is 0 Å². The highest BCUT2D eigenvalue weighted by atomic mass is 14.2. The molecule has 1 aromatic rings. The second kappa shape index (κ2) is 10.4. The van der Waals surface area contributed by atoms with Crippen LogP contribution in [0.4, 0.5) is 0 Å². The molecule has 0 radical (unpaired) electrons. The molecule has 2 rings (SSSR count). The standard InChI is InChI=1S/C10H14.C9H14.3CH4/c1-10(2,3)9-7-5-4-6-8-9;1-9(2,3)8-6-4-5-7-8;;;/h4-8H,1-3H3;4-6H,7H2,1-3H3;3*1H4. The van der Waals surface area contributed by atoms with E-state index in [1.54, 1.807) is 5.57 Å². The second-order valence-electron chi connectivity index (χ2n) is 7.19. The van der Waals surface area contributed by atoms with Crippen LogP contribution in [-0.4, -0.2) is 0 Å². The minimum Gasteiger partial charge on any atom is -0.0804 e. The van der Waals surface area contributed by atoms with Crippen LogP contribution in [0, 0.1) is 5.41 Å². The van der Waals surface area contributed by atoms with E-state index < -0.39 is 0 Å². The fourth-order valence-electron chi connectivity index (χ4n) is 1.94. The third kappa shape index (κ3) is 8.87. The Morgan fingerprint density at radius 2 is 1.23 bits per heavy atom. The largest absolute Gasteiger partial charge is 0.0804 e. The minimum atomic E-state index is 0. The minimum absolute atomic E-state index is 0. The van der Waals surface area contributed by atoms with Crippen LogP contribution in [0.2, 0.25) is 0 Å². The summed E-state index contributed by atoms with van der Waals surface area (Å²) in [5.41, 5.74) is 3.61. The number of allylic oxidation sites excluding steroid dienone is 4. The monoisotopic (exact) mass is 304 g/mol. The van der Waals surface area contributed by atoms with Gasteiger partial charge in [-0.15, -0.1) is 0 Å². The normalized spacial score (nSPS) is 12.7. The molecule has 22 heavy (non-hydrogen) atoms. The predicted molar refractivity (Wildman–Crippen MR) is 107 cm³/mol. The first-order chi connectivity index (χ1) is 8.71. The van der Waals surface area contributed by atoms with E-state index in [-0.39, 0.29) is 22.3 Å². The molecule has 0 heterocycles. The summed E-state index contributed by atoms with van der Waals surface area (Å²) in [6.45, 7) is 13.4. The summed E-state index contributed by atoms with van der Waals surface area (Å²) < 4.78 is 0. The zero-order valence-electron chi connectivity index (χ0n) is 13.3. The fraction of sp³-hybridized carbons (Fsp3) is 0.545. The molecule has 0 saturated heterocycles. The summed E-state index contributed by atoms with van der Waals surface area (Å²) in [5, 5.41) is 0. The smallest absolute Gasteiger partial charge is 0.0127 e. The molecule has 128 valence electrons. The van der Waals surface area contributed by atoms with E-state index in [0.29, 0.717) is 10.8 Å². The van der Waals surface area contributed by atoms with Gasteiger partial charge in [0.1, 0.15) is 0 Å². The van der Waals surface area contributed by atoms with Crippen molar-refractivity contribution in [2.24, 2.45) is 5.41 Å². The number of hydrogen-bond donors (Lipinski definition) is 0. The highest BCUT2D eigenvalue weighted by Crippen LogP contribution is 2.30. The molecule has 0 fully saturated rings. The number of rotatable bonds is 0. The molecule has 1 aliphatic carbocycles. The Bertz CT molecular complexity index is 433. The van der Waals surface area contributed by atoms with Crippen molar-refractivity contribution in [1.29, 1.82) is 0 Å². The van der Waals surface area contributed by atoms with Crippen LogP contribution in [0.15, 0.2) is 54.1 Å². The third-order valence-electron chi connectivity index (χ3n) is 3.37. The van der Waals surface area contributed by atoms with Gasteiger partial charge in [-0.3, -0.25) is 0 Å². The zero-order chi connectivity index (χ0) is 14.5. The Labute approximate surface area is 141 Å². The van der Waals surface area contributed by atoms with Crippen LogP contribution < -0.4 is 0 Å². The molecular weight excluding hydrogens is 264 g/mol. The molecule has 0 aliphatic heterocycles. The first-order valence-electron chi connectivity index (χ1n) is 7.13. The van der Waals surface area contributed by atoms with Crippen LogP contribution in [0.3, 0.4) is 0 Å².